The molecule has 1 fully saturated rings. The number of carboxylic acids is 1. The maximum absolute atomic E-state index is 13.4. The number of nitrogens with zero attached hydrogens (tertiary/aromatic N) is 2. The van der Waals surface area contributed by atoms with Crippen LogP contribution in [0.4, 0.5) is 27.8 Å². The molecule has 0 amide bonds. The number of rotatable bonds is 3. The van der Waals surface area contributed by atoms with Gasteiger partial charge in [-0.1, -0.05) is 0 Å². The Morgan fingerprint density at radius 3 is 2.57 bits per heavy atom. The zero-order valence-corrected chi connectivity index (χ0v) is 11.8. The number of carbonyl (C=O) groups is 1. The van der Waals surface area contributed by atoms with Gasteiger partial charge in [0, 0.05) is 24.9 Å². The second-order valence-corrected chi connectivity index (χ2v) is 4.70. The molecule has 0 aliphatic carbocycles. The van der Waals surface area contributed by atoms with Crippen LogP contribution in [0, 0.1) is 5.92 Å². The highest BCUT2D eigenvalue weighted by molar-refractivity contribution is 5.73. The van der Waals surface area contributed by atoms with Crippen LogP contribution in [0.1, 0.15) is 6.42 Å². The van der Waals surface area contributed by atoms with Crippen molar-refractivity contribution in [3.05, 3.63) is 18.6 Å². The van der Waals surface area contributed by atoms with Gasteiger partial charge in [0.1, 0.15) is 5.82 Å². The number of alkyl halides is 5. The Kier molecular flexibility index (Phi) is 6.61. The molecular formula is C12H15F5N4O2. The third-order valence-corrected chi connectivity index (χ3v) is 2.96. The van der Waals surface area contributed by atoms with E-state index in [0.717, 1.165) is 0 Å². The second-order valence-electron chi connectivity index (χ2n) is 4.70. The lowest BCUT2D eigenvalue weighted by Gasteiger charge is -2.31. The molecule has 0 bridgehead atoms. The van der Waals surface area contributed by atoms with Crippen molar-refractivity contribution in [1.29, 1.82) is 0 Å². The Morgan fingerprint density at radius 1 is 1.43 bits per heavy atom. The molecule has 2 heterocycles. The molecule has 1 aromatic heterocycles. The minimum absolute atomic E-state index is 0.230. The fraction of sp³-hybridized carbons (Fsp3) is 0.583. The predicted octanol–water partition coefficient (Wildman–Crippen LogP) is 1.77. The fourth-order valence-electron chi connectivity index (χ4n) is 1.76. The zero-order valence-electron chi connectivity index (χ0n) is 11.8. The van der Waals surface area contributed by atoms with Crippen molar-refractivity contribution in [2.75, 3.05) is 25.0 Å². The van der Waals surface area contributed by atoms with E-state index in [1.165, 1.54) is 12.4 Å². The summed E-state index contributed by atoms with van der Waals surface area (Å²) in [5, 5.41) is 12.7. The number of aliphatic carboxylic acids is 1. The van der Waals surface area contributed by atoms with Crippen LogP contribution in [0.2, 0.25) is 0 Å². The van der Waals surface area contributed by atoms with Gasteiger partial charge in [0.05, 0.1) is 12.7 Å². The van der Waals surface area contributed by atoms with Gasteiger partial charge in [-0.3, -0.25) is 4.98 Å². The monoisotopic (exact) mass is 342 g/mol. The standard InChI is InChI=1S/C10H14F2N4.C2HF3O2/c11-10(12)7-14-2-1-8(10)5-16-9-6-13-3-4-15-9;3-2(4,5)1(6)7/h3-4,6,8,14H,1-2,5,7H2,(H,15,16);(H,6,7)/t8-;/m1./s1. The van der Waals surface area contributed by atoms with Gasteiger partial charge in [0.25, 0.3) is 5.92 Å². The van der Waals surface area contributed by atoms with Crippen LogP contribution in [0.3, 0.4) is 0 Å². The van der Waals surface area contributed by atoms with E-state index >= 15 is 0 Å². The van der Waals surface area contributed by atoms with E-state index in [4.69, 9.17) is 9.90 Å². The minimum Gasteiger partial charge on any atom is -0.475 e. The quantitative estimate of drug-likeness (QED) is 0.726. The van der Waals surface area contributed by atoms with Gasteiger partial charge in [-0.25, -0.2) is 18.6 Å². The van der Waals surface area contributed by atoms with Gasteiger partial charge in [-0.05, 0) is 13.0 Å². The average molecular weight is 342 g/mol. The molecule has 3 N–H and O–H groups in total. The van der Waals surface area contributed by atoms with E-state index in [2.05, 4.69) is 20.6 Å². The van der Waals surface area contributed by atoms with Crippen molar-refractivity contribution in [1.82, 2.24) is 15.3 Å². The maximum atomic E-state index is 13.4. The molecule has 2 rings (SSSR count). The van der Waals surface area contributed by atoms with Gasteiger partial charge in [-0.15, -0.1) is 0 Å². The smallest absolute Gasteiger partial charge is 0.475 e. The van der Waals surface area contributed by atoms with Crippen molar-refractivity contribution < 1.29 is 31.9 Å². The summed E-state index contributed by atoms with van der Waals surface area (Å²) in [7, 11) is 0. The summed E-state index contributed by atoms with van der Waals surface area (Å²) in [6.07, 6.45) is -0.00725. The highest BCUT2D eigenvalue weighted by Crippen LogP contribution is 2.29. The molecule has 0 spiro atoms. The Bertz CT molecular complexity index is 498. The van der Waals surface area contributed by atoms with Crippen LogP contribution < -0.4 is 10.6 Å². The lowest BCUT2D eigenvalue weighted by atomic mass is 9.94. The number of piperidine rings is 1. The summed E-state index contributed by atoms with van der Waals surface area (Å²) in [5.74, 6) is -5.51. The molecule has 11 heteroatoms. The lowest BCUT2D eigenvalue weighted by molar-refractivity contribution is -0.192. The van der Waals surface area contributed by atoms with Crippen LogP contribution in [0.25, 0.3) is 0 Å². The molecule has 1 aromatic rings. The first kappa shape index (κ1) is 19.0. The van der Waals surface area contributed by atoms with Crippen molar-refractivity contribution in [3.63, 3.8) is 0 Å². The second kappa shape index (κ2) is 7.99. The molecule has 1 saturated heterocycles. The summed E-state index contributed by atoms with van der Waals surface area (Å²) in [5.41, 5.74) is 0. The predicted molar refractivity (Wildman–Crippen MR) is 70.1 cm³/mol. The highest BCUT2D eigenvalue weighted by atomic mass is 19.4. The van der Waals surface area contributed by atoms with Crippen LogP contribution >= 0.6 is 0 Å². The number of hydrogen-bond donors (Lipinski definition) is 3. The van der Waals surface area contributed by atoms with Crippen molar-refractivity contribution in [3.8, 4) is 0 Å². The largest absolute Gasteiger partial charge is 0.490 e. The molecule has 1 aliphatic heterocycles. The van der Waals surface area contributed by atoms with Gasteiger partial charge >= 0.3 is 12.1 Å². The topological polar surface area (TPSA) is 87.1 Å². The zero-order chi connectivity index (χ0) is 17.5. The summed E-state index contributed by atoms with van der Waals surface area (Å²) < 4.78 is 58.6. The van der Waals surface area contributed by atoms with Crippen LogP contribution in [0.5, 0.6) is 0 Å². The summed E-state index contributed by atoms with van der Waals surface area (Å²) in [4.78, 5) is 16.7. The number of halogens is 5. The van der Waals surface area contributed by atoms with Crippen molar-refractivity contribution >= 4 is 11.8 Å². The van der Waals surface area contributed by atoms with Crippen molar-refractivity contribution in [2.24, 2.45) is 5.92 Å². The van der Waals surface area contributed by atoms with Crippen molar-refractivity contribution in [2.45, 2.75) is 18.5 Å². The number of anilines is 1. The molecule has 23 heavy (non-hydrogen) atoms. The van der Waals surface area contributed by atoms with Gasteiger partial charge in [-0.2, -0.15) is 13.2 Å². The van der Waals surface area contributed by atoms with Crippen LogP contribution in [0.15, 0.2) is 18.6 Å². The first-order chi connectivity index (χ1) is 10.6. The van der Waals surface area contributed by atoms with E-state index in [-0.39, 0.29) is 13.1 Å². The van der Waals surface area contributed by atoms with Crippen LogP contribution in [-0.4, -0.2) is 52.8 Å². The normalized spacial score (nSPS) is 20.1. The Labute approximate surface area is 128 Å². The minimum atomic E-state index is -5.08. The first-order valence-electron chi connectivity index (χ1n) is 6.51. The Balaban J connectivity index is 0.000000322. The van der Waals surface area contributed by atoms with E-state index in [1.807, 2.05) is 0 Å². The summed E-state index contributed by atoms with van der Waals surface area (Å²) in [6.45, 7) is 0.635. The lowest BCUT2D eigenvalue weighted by Crippen LogP contribution is -2.48. The first-order valence-corrected chi connectivity index (χ1v) is 6.51. The molecule has 0 unspecified atom stereocenters. The molecule has 0 radical (unpaired) electrons. The summed E-state index contributed by atoms with van der Waals surface area (Å²) in [6, 6.07) is 0. The molecule has 6 nitrogen and oxygen atoms in total. The van der Waals surface area contributed by atoms with Gasteiger partial charge in [0.15, 0.2) is 0 Å². The maximum Gasteiger partial charge on any atom is 0.490 e. The van der Waals surface area contributed by atoms with Gasteiger partial charge in [0.2, 0.25) is 0 Å². The van der Waals surface area contributed by atoms with Gasteiger partial charge < -0.3 is 15.7 Å². The molecule has 0 saturated carbocycles. The van der Waals surface area contributed by atoms with Crippen LogP contribution in [-0.2, 0) is 4.79 Å². The molecule has 1 atom stereocenters. The molecule has 130 valence electrons. The third kappa shape index (κ3) is 6.72. The third-order valence-electron chi connectivity index (χ3n) is 2.96. The number of aromatic nitrogens is 2. The molecule has 1 aliphatic rings. The molecule has 0 aromatic carbocycles. The fourth-order valence-corrected chi connectivity index (χ4v) is 1.76. The number of hydrogen-bond acceptors (Lipinski definition) is 5. The highest BCUT2D eigenvalue weighted by Gasteiger charge is 2.41. The van der Waals surface area contributed by atoms with E-state index in [9.17, 15) is 22.0 Å². The molecular weight excluding hydrogens is 327 g/mol. The van der Waals surface area contributed by atoms with E-state index < -0.39 is 24.0 Å². The SMILES string of the molecule is FC1(F)CNCC[C@@H]1CNc1cnccn1.O=C(O)C(F)(F)F. The number of carboxylic acid groups (broad SMARTS) is 1. The Hall–Kier alpha value is -2.04. The summed E-state index contributed by atoms with van der Waals surface area (Å²) >= 11 is 0. The Morgan fingerprint density at radius 2 is 2.09 bits per heavy atom. The number of nitrogens with one attached hydrogen (secondary N) is 2. The van der Waals surface area contributed by atoms with E-state index in [1.54, 1.807) is 6.20 Å². The van der Waals surface area contributed by atoms with E-state index in [0.29, 0.717) is 18.8 Å². The average Bonchev–Trinajstić information content (AvgIpc) is 2.46.